The Labute approximate surface area is 213 Å². The van der Waals surface area contributed by atoms with Crippen molar-refractivity contribution in [1.82, 2.24) is 19.7 Å². The van der Waals surface area contributed by atoms with E-state index < -0.39 is 11.6 Å². The fourth-order valence-corrected chi connectivity index (χ4v) is 5.96. The number of ether oxygens (including phenoxy) is 1. The molecule has 7 nitrogen and oxygen atoms in total. The second-order valence-electron chi connectivity index (χ2n) is 9.91. The average molecular weight is 504 g/mol. The molecule has 4 aromatic rings. The van der Waals surface area contributed by atoms with E-state index >= 15 is 4.39 Å². The summed E-state index contributed by atoms with van der Waals surface area (Å²) in [6.45, 7) is 0.895. The van der Waals surface area contributed by atoms with Crippen LogP contribution in [0.5, 0.6) is 5.75 Å². The number of benzene rings is 2. The smallest absolute Gasteiger partial charge is 0.185 e. The molecule has 37 heavy (non-hydrogen) atoms. The van der Waals surface area contributed by atoms with Gasteiger partial charge in [0, 0.05) is 37.6 Å². The molecule has 3 aliphatic rings. The summed E-state index contributed by atoms with van der Waals surface area (Å²) < 4.78 is 36.7. The lowest BCUT2D eigenvalue weighted by Crippen LogP contribution is -2.48. The van der Waals surface area contributed by atoms with Crippen LogP contribution in [0.1, 0.15) is 41.7 Å². The summed E-state index contributed by atoms with van der Waals surface area (Å²) in [7, 11) is 3.16. The lowest BCUT2D eigenvalue weighted by Gasteiger charge is -2.47. The second-order valence-corrected chi connectivity index (χ2v) is 9.91. The number of Topliss-reactive ketones (excluding diaryl/α,β-unsaturated/α-hetero) is 1. The zero-order valence-electron chi connectivity index (χ0n) is 20.7. The Kier molecular flexibility index (Phi) is 5.85. The van der Waals surface area contributed by atoms with Crippen molar-refractivity contribution >= 4 is 22.4 Å². The number of fused-ring (bicyclic) bond motifs is 4. The molecular formula is C28H27F2N5O2. The Morgan fingerprint density at radius 1 is 1.14 bits per heavy atom. The third-order valence-corrected chi connectivity index (χ3v) is 7.74. The van der Waals surface area contributed by atoms with Gasteiger partial charge in [-0.3, -0.25) is 9.48 Å². The predicted molar refractivity (Wildman–Crippen MR) is 136 cm³/mol. The fourth-order valence-electron chi connectivity index (χ4n) is 5.96. The minimum absolute atomic E-state index is 0.0458. The summed E-state index contributed by atoms with van der Waals surface area (Å²) >= 11 is 0. The molecule has 2 aliphatic heterocycles. The molecule has 2 aromatic heterocycles. The van der Waals surface area contributed by atoms with Gasteiger partial charge in [-0.2, -0.15) is 5.10 Å². The van der Waals surface area contributed by atoms with Crippen LogP contribution >= 0.6 is 0 Å². The summed E-state index contributed by atoms with van der Waals surface area (Å²) in [5.41, 5.74) is 2.15. The average Bonchev–Trinajstić information content (AvgIpc) is 3.31. The van der Waals surface area contributed by atoms with E-state index in [2.05, 4.69) is 20.0 Å². The first-order valence-electron chi connectivity index (χ1n) is 12.5. The van der Waals surface area contributed by atoms with E-state index in [4.69, 9.17) is 4.74 Å². The number of nitrogens with zero attached hydrogens (tertiary/aromatic N) is 5. The van der Waals surface area contributed by atoms with Crippen LogP contribution in [-0.4, -0.2) is 45.2 Å². The standard InChI is InChI=1S/C28H27F2N5O2/c1-34-27-19(14-32-34)26(35-15-16-6-8-18(35)9-7-16)17(12-21(27)30)13-23(36)22-10-11-31-28(33-22)25-20(29)4-3-5-24(25)37-2/h3-5,10-12,14,16,18H,6-9,13,15H2,1-2H3. The first-order chi connectivity index (χ1) is 17.9. The van der Waals surface area contributed by atoms with E-state index in [1.165, 1.54) is 50.4 Å². The van der Waals surface area contributed by atoms with Gasteiger partial charge in [0.2, 0.25) is 0 Å². The number of carbonyl (C=O) groups excluding carboxylic acids is 1. The van der Waals surface area contributed by atoms with E-state index in [1.807, 2.05) is 0 Å². The van der Waals surface area contributed by atoms with Crippen molar-refractivity contribution in [3.63, 3.8) is 0 Å². The summed E-state index contributed by atoms with van der Waals surface area (Å²) in [6, 6.07) is 7.76. The molecule has 2 aromatic carbocycles. The van der Waals surface area contributed by atoms with Gasteiger partial charge in [-0.25, -0.2) is 18.7 Å². The van der Waals surface area contributed by atoms with Crippen LogP contribution < -0.4 is 9.64 Å². The number of anilines is 1. The molecule has 9 heteroatoms. The molecule has 0 atom stereocenters. The molecule has 2 bridgehead atoms. The molecule has 4 heterocycles. The molecule has 1 saturated carbocycles. The van der Waals surface area contributed by atoms with E-state index in [-0.39, 0.29) is 35.0 Å². The van der Waals surface area contributed by atoms with Gasteiger partial charge in [-0.1, -0.05) is 6.07 Å². The maximum Gasteiger partial charge on any atom is 0.185 e. The molecule has 0 radical (unpaired) electrons. The Balaban J connectivity index is 1.40. The highest BCUT2D eigenvalue weighted by Crippen LogP contribution is 2.43. The second kappa shape index (κ2) is 9.21. The number of methoxy groups -OCH3 is 1. The van der Waals surface area contributed by atoms with Crippen LogP contribution in [0.25, 0.3) is 22.3 Å². The zero-order valence-corrected chi connectivity index (χ0v) is 20.7. The van der Waals surface area contributed by atoms with Crippen molar-refractivity contribution < 1.29 is 18.3 Å². The van der Waals surface area contributed by atoms with Gasteiger partial charge < -0.3 is 9.64 Å². The SMILES string of the molecule is COc1cccc(F)c1-c1nccc(C(=O)Cc2cc(F)c3c(cnn3C)c2N2CC3CCC2CC3)n1. The van der Waals surface area contributed by atoms with Crippen LogP contribution in [0.4, 0.5) is 14.5 Å². The number of halogens is 2. The van der Waals surface area contributed by atoms with Crippen molar-refractivity contribution in [2.24, 2.45) is 13.0 Å². The van der Waals surface area contributed by atoms with Gasteiger partial charge >= 0.3 is 0 Å². The van der Waals surface area contributed by atoms with Gasteiger partial charge in [-0.05, 0) is 61.4 Å². The number of hydrogen-bond donors (Lipinski definition) is 0. The van der Waals surface area contributed by atoms with Crippen LogP contribution in [-0.2, 0) is 13.5 Å². The van der Waals surface area contributed by atoms with E-state index in [9.17, 15) is 9.18 Å². The zero-order chi connectivity index (χ0) is 25.7. The minimum atomic E-state index is -0.546. The maximum atomic E-state index is 15.3. The molecule has 2 saturated heterocycles. The van der Waals surface area contributed by atoms with Crippen molar-refractivity contribution in [2.75, 3.05) is 18.6 Å². The third kappa shape index (κ3) is 4.02. The number of ketones is 1. The predicted octanol–water partition coefficient (Wildman–Crippen LogP) is 5.12. The Hall–Kier alpha value is -3.88. The Morgan fingerprint density at radius 3 is 2.68 bits per heavy atom. The molecule has 1 aliphatic carbocycles. The number of rotatable bonds is 6. The molecule has 7 rings (SSSR count). The monoisotopic (exact) mass is 503 g/mol. The topological polar surface area (TPSA) is 73.1 Å². The summed E-state index contributed by atoms with van der Waals surface area (Å²) in [5, 5.41) is 5.04. The lowest BCUT2D eigenvalue weighted by molar-refractivity contribution is 0.0988. The molecule has 0 amide bonds. The van der Waals surface area contributed by atoms with Crippen molar-refractivity contribution in [1.29, 1.82) is 0 Å². The van der Waals surface area contributed by atoms with Gasteiger partial charge in [0.25, 0.3) is 0 Å². The van der Waals surface area contributed by atoms with E-state index in [0.29, 0.717) is 23.0 Å². The van der Waals surface area contributed by atoms with Crippen molar-refractivity contribution in [3.05, 3.63) is 65.6 Å². The first-order valence-corrected chi connectivity index (χ1v) is 12.5. The number of aromatic nitrogens is 4. The van der Waals surface area contributed by atoms with Gasteiger partial charge in [0.1, 0.15) is 28.6 Å². The fraction of sp³-hybridized carbons (Fsp3) is 0.357. The summed E-state index contributed by atoms with van der Waals surface area (Å²) in [6.07, 6.45) is 7.67. The maximum absolute atomic E-state index is 15.3. The first kappa shape index (κ1) is 23.5. The third-order valence-electron chi connectivity index (χ3n) is 7.74. The van der Waals surface area contributed by atoms with Crippen LogP contribution in [0.2, 0.25) is 0 Å². The molecule has 0 unspecified atom stereocenters. The Bertz CT molecular complexity index is 1510. The quantitative estimate of drug-likeness (QED) is 0.340. The van der Waals surface area contributed by atoms with Crippen LogP contribution in [0.15, 0.2) is 42.7 Å². The van der Waals surface area contributed by atoms with Crippen LogP contribution in [0, 0.1) is 17.6 Å². The highest BCUT2D eigenvalue weighted by atomic mass is 19.1. The normalized spacial score (nSPS) is 19.0. The number of aryl methyl sites for hydroxylation is 1. The number of piperidine rings is 2. The minimum Gasteiger partial charge on any atom is -0.496 e. The molecular weight excluding hydrogens is 476 g/mol. The molecule has 0 N–H and O–H groups in total. The van der Waals surface area contributed by atoms with Crippen molar-refractivity contribution in [2.45, 2.75) is 38.1 Å². The largest absolute Gasteiger partial charge is 0.496 e. The lowest BCUT2D eigenvalue weighted by atomic mass is 9.79. The Morgan fingerprint density at radius 2 is 1.95 bits per heavy atom. The highest BCUT2D eigenvalue weighted by molar-refractivity contribution is 6.00. The van der Waals surface area contributed by atoms with Gasteiger partial charge in [0.05, 0.1) is 24.6 Å². The van der Waals surface area contributed by atoms with E-state index in [0.717, 1.165) is 30.5 Å². The molecule has 0 spiro atoms. The van der Waals surface area contributed by atoms with Gasteiger partial charge in [-0.15, -0.1) is 0 Å². The summed E-state index contributed by atoms with van der Waals surface area (Å²) in [5.74, 6) is -0.325. The number of carbonyl (C=O) groups is 1. The van der Waals surface area contributed by atoms with Crippen molar-refractivity contribution in [3.8, 4) is 17.1 Å². The molecule has 190 valence electrons. The highest BCUT2D eigenvalue weighted by Gasteiger charge is 2.36. The van der Waals surface area contributed by atoms with Gasteiger partial charge in [0.15, 0.2) is 11.6 Å². The molecule has 3 fully saturated rings. The summed E-state index contributed by atoms with van der Waals surface area (Å²) in [4.78, 5) is 24.4. The van der Waals surface area contributed by atoms with Crippen LogP contribution in [0.3, 0.4) is 0 Å². The van der Waals surface area contributed by atoms with E-state index in [1.54, 1.807) is 24.0 Å². The number of hydrogen-bond acceptors (Lipinski definition) is 6.